The van der Waals surface area contributed by atoms with E-state index in [-0.39, 0.29) is 0 Å². The van der Waals surface area contributed by atoms with E-state index in [1.54, 1.807) is 0 Å². The van der Waals surface area contributed by atoms with Crippen molar-refractivity contribution in [2.24, 2.45) is 0 Å². The Morgan fingerprint density at radius 2 is 1.71 bits per heavy atom. The molecule has 0 N–H and O–H groups in total. The normalized spacial score (nSPS) is 12.8. The van der Waals surface area contributed by atoms with Crippen molar-refractivity contribution in [3.05, 3.63) is 58.6 Å². The molecule has 2 rings (SSSR count). The molecule has 4 heteroatoms. The standard InChI is InChI=1S/C20H23ClO3/c1-13-7-6-8-16(14-9-11-15(21)12-10-14)17(13)18(19(22)23-5)24-20(2,3)4/h6-12,18H,1-5H3. The lowest BCUT2D eigenvalue weighted by Crippen LogP contribution is -2.29. The van der Waals surface area contributed by atoms with E-state index in [2.05, 4.69) is 0 Å². The minimum absolute atomic E-state index is 0.408. The molecule has 0 radical (unpaired) electrons. The Hall–Kier alpha value is -1.84. The van der Waals surface area contributed by atoms with Crippen LogP contribution >= 0.6 is 11.6 Å². The first-order chi connectivity index (χ1) is 11.2. The molecule has 128 valence electrons. The summed E-state index contributed by atoms with van der Waals surface area (Å²) in [4.78, 5) is 12.4. The molecule has 2 aromatic carbocycles. The van der Waals surface area contributed by atoms with E-state index in [1.165, 1.54) is 7.11 Å². The third kappa shape index (κ3) is 4.37. The number of rotatable bonds is 4. The topological polar surface area (TPSA) is 35.5 Å². The molecule has 0 saturated carbocycles. The van der Waals surface area contributed by atoms with E-state index >= 15 is 0 Å². The summed E-state index contributed by atoms with van der Waals surface area (Å²) in [5.74, 6) is -0.408. The van der Waals surface area contributed by atoms with Gasteiger partial charge in [-0.2, -0.15) is 0 Å². The summed E-state index contributed by atoms with van der Waals surface area (Å²) in [5.41, 5.74) is 3.22. The van der Waals surface area contributed by atoms with E-state index in [4.69, 9.17) is 21.1 Å². The van der Waals surface area contributed by atoms with Crippen molar-refractivity contribution in [3.8, 4) is 11.1 Å². The molecule has 0 aliphatic heterocycles. The van der Waals surface area contributed by atoms with E-state index in [0.29, 0.717) is 5.02 Å². The molecule has 0 amide bonds. The van der Waals surface area contributed by atoms with Gasteiger partial charge < -0.3 is 9.47 Å². The minimum atomic E-state index is -0.790. The number of aryl methyl sites for hydroxylation is 1. The number of ether oxygens (including phenoxy) is 2. The van der Waals surface area contributed by atoms with Gasteiger partial charge in [0.15, 0.2) is 6.10 Å². The van der Waals surface area contributed by atoms with Crippen LogP contribution in [-0.4, -0.2) is 18.7 Å². The van der Waals surface area contributed by atoms with E-state index in [1.807, 2.05) is 70.2 Å². The lowest BCUT2D eigenvalue weighted by atomic mass is 9.92. The van der Waals surface area contributed by atoms with E-state index in [0.717, 1.165) is 22.3 Å². The number of esters is 1. The highest BCUT2D eigenvalue weighted by Crippen LogP contribution is 2.36. The number of methoxy groups -OCH3 is 1. The van der Waals surface area contributed by atoms with E-state index in [9.17, 15) is 4.79 Å². The zero-order valence-electron chi connectivity index (χ0n) is 14.7. The smallest absolute Gasteiger partial charge is 0.339 e. The summed E-state index contributed by atoms with van der Waals surface area (Å²) in [5, 5.41) is 0.670. The molecule has 0 spiro atoms. The summed E-state index contributed by atoms with van der Waals surface area (Å²) < 4.78 is 11.0. The van der Waals surface area contributed by atoms with Crippen molar-refractivity contribution in [1.82, 2.24) is 0 Å². The van der Waals surface area contributed by atoms with Crippen LogP contribution in [0.5, 0.6) is 0 Å². The van der Waals surface area contributed by atoms with Gasteiger partial charge in [0.1, 0.15) is 0 Å². The molecule has 0 aromatic heterocycles. The molecule has 1 atom stereocenters. The minimum Gasteiger partial charge on any atom is -0.467 e. The van der Waals surface area contributed by atoms with Gasteiger partial charge in [-0.1, -0.05) is 41.9 Å². The molecular weight excluding hydrogens is 324 g/mol. The Kier molecular flexibility index (Phi) is 5.68. The van der Waals surface area contributed by atoms with Gasteiger partial charge in [0.25, 0.3) is 0 Å². The molecule has 0 aliphatic carbocycles. The number of halogens is 1. The second kappa shape index (κ2) is 7.37. The number of hydrogen-bond acceptors (Lipinski definition) is 3. The summed E-state index contributed by atoms with van der Waals surface area (Å²) >= 11 is 5.99. The summed E-state index contributed by atoms with van der Waals surface area (Å²) in [6.07, 6.45) is -0.790. The zero-order chi connectivity index (χ0) is 17.9. The molecular formula is C20H23ClO3. The number of carbonyl (C=O) groups is 1. The highest BCUT2D eigenvalue weighted by Gasteiger charge is 2.31. The van der Waals surface area contributed by atoms with Gasteiger partial charge in [0.05, 0.1) is 12.7 Å². The van der Waals surface area contributed by atoms with Crippen LogP contribution in [0, 0.1) is 6.92 Å². The number of carbonyl (C=O) groups excluding carboxylic acids is 1. The Morgan fingerprint density at radius 3 is 2.25 bits per heavy atom. The van der Waals surface area contributed by atoms with Crippen molar-refractivity contribution in [2.75, 3.05) is 7.11 Å². The fourth-order valence-corrected chi connectivity index (χ4v) is 2.72. The van der Waals surface area contributed by atoms with Gasteiger partial charge in [-0.3, -0.25) is 0 Å². The van der Waals surface area contributed by atoms with Crippen LogP contribution in [0.25, 0.3) is 11.1 Å². The largest absolute Gasteiger partial charge is 0.467 e. The zero-order valence-corrected chi connectivity index (χ0v) is 15.5. The van der Waals surface area contributed by atoms with Crippen molar-refractivity contribution >= 4 is 17.6 Å². The predicted molar refractivity (Wildman–Crippen MR) is 97.2 cm³/mol. The van der Waals surface area contributed by atoms with Gasteiger partial charge in [0, 0.05) is 10.6 Å². The van der Waals surface area contributed by atoms with Gasteiger partial charge in [-0.15, -0.1) is 0 Å². The van der Waals surface area contributed by atoms with Crippen LogP contribution < -0.4 is 0 Å². The average Bonchev–Trinajstić information content (AvgIpc) is 2.52. The first kappa shape index (κ1) is 18.5. The monoisotopic (exact) mass is 346 g/mol. The van der Waals surface area contributed by atoms with Gasteiger partial charge in [-0.05, 0) is 56.5 Å². The summed E-state index contributed by atoms with van der Waals surface area (Å²) in [6.45, 7) is 7.73. The van der Waals surface area contributed by atoms with Crippen LogP contribution in [0.15, 0.2) is 42.5 Å². The van der Waals surface area contributed by atoms with Crippen molar-refractivity contribution in [1.29, 1.82) is 0 Å². The Morgan fingerprint density at radius 1 is 1.08 bits per heavy atom. The van der Waals surface area contributed by atoms with Crippen molar-refractivity contribution < 1.29 is 14.3 Å². The van der Waals surface area contributed by atoms with Gasteiger partial charge in [0.2, 0.25) is 0 Å². The molecule has 0 aliphatic rings. The summed E-state index contributed by atoms with van der Waals surface area (Å²) in [7, 11) is 1.38. The number of benzene rings is 2. The third-order valence-electron chi connectivity index (χ3n) is 3.63. The van der Waals surface area contributed by atoms with Crippen LogP contribution in [0.3, 0.4) is 0 Å². The van der Waals surface area contributed by atoms with Crippen LogP contribution in [0.1, 0.15) is 38.0 Å². The maximum atomic E-state index is 12.4. The third-order valence-corrected chi connectivity index (χ3v) is 3.88. The van der Waals surface area contributed by atoms with Crippen LogP contribution in [-0.2, 0) is 14.3 Å². The molecule has 2 aromatic rings. The Bertz CT molecular complexity index is 715. The predicted octanol–water partition coefficient (Wildman–Crippen LogP) is 5.34. The molecule has 3 nitrogen and oxygen atoms in total. The maximum Gasteiger partial charge on any atom is 0.339 e. The quantitative estimate of drug-likeness (QED) is 0.700. The van der Waals surface area contributed by atoms with Crippen LogP contribution in [0.4, 0.5) is 0 Å². The molecule has 0 bridgehead atoms. The second-order valence-electron chi connectivity index (χ2n) is 6.68. The van der Waals surface area contributed by atoms with E-state index < -0.39 is 17.7 Å². The second-order valence-corrected chi connectivity index (χ2v) is 7.11. The maximum absolute atomic E-state index is 12.4. The molecule has 24 heavy (non-hydrogen) atoms. The average molecular weight is 347 g/mol. The molecule has 0 fully saturated rings. The molecule has 0 heterocycles. The fraction of sp³-hybridized carbons (Fsp3) is 0.350. The fourth-order valence-electron chi connectivity index (χ4n) is 2.60. The van der Waals surface area contributed by atoms with Crippen molar-refractivity contribution in [3.63, 3.8) is 0 Å². The van der Waals surface area contributed by atoms with Crippen molar-refractivity contribution in [2.45, 2.75) is 39.4 Å². The Labute approximate surface area is 148 Å². The lowest BCUT2D eigenvalue weighted by molar-refractivity contribution is -0.164. The lowest BCUT2D eigenvalue weighted by Gasteiger charge is -2.28. The molecule has 0 saturated heterocycles. The SMILES string of the molecule is COC(=O)C(OC(C)(C)C)c1c(C)cccc1-c1ccc(Cl)cc1. The Balaban J connectivity index is 2.61. The van der Waals surface area contributed by atoms with Gasteiger partial charge in [-0.25, -0.2) is 4.79 Å². The molecule has 1 unspecified atom stereocenters. The summed E-state index contributed by atoms with van der Waals surface area (Å²) in [6, 6.07) is 13.5. The number of hydrogen-bond donors (Lipinski definition) is 0. The van der Waals surface area contributed by atoms with Crippen LogP contribution in [0.2, 0.25) is 5.02 Å². The van der Waals surface area contributed by atoms with Gasteiger partial charge >= 0.3 is 5.97 Å². The first-order valence-electron chi connectivity index (χ1n) is 7.84. The highest BCUT2D eigenvalue weighted by atomic mass is 35.5. The highest BCUT2D eigenvalue weighted by molar-refractivity contribution is 6.30. The first-order valence-corrected chi connectivity index (χ1v) is 8.22.